The van der Waals surface area contributed by atoms with Crippen LogP contribution in [0.3, 0.4) is 0 Å². The van der Waals surface area contributed by atoms with Gasteiger partial charge in [-0.15, -0.1) is 11.3 Å². The Labute approximate surface area is 176 Å². The van der Waals surface area contributed by atoms with Crippen molar-refractivity contribution in [3.63, 3.8) is 0 Å². The van der Waals surface area contributed by atoms with Crippen molar-refractivity contribution in [2.45, 2.75) is 0 Å². The lowest BCUT2D eigenvalue weighted by Crippen LogP contribution is -2.07. The van der Waals surface area contributed by atoms with Crippen LogP contribution in [0.2, 0.25) is 5.02 Å². The molecule has 0 fully saturated rings. The summed E-state index contributed by atoms with van der Waals surface area (Å²) >= 11 is 7.47. The first kappa shape index (κ1) is 20.6. The molecule has 0 aliphatic rings. The molecule has 0 saturated heterocycles. The van der Waals surface area contributed by atoms with Crippen LogP contribution in [0.1, 0.15) is 15.9 Å². The van der Waals surface area contributed by atoms with Gasteiger partial charge in [-0.05, 0) is 42.0 Å². The molecule has 0 radical (unpaired) electrons. The molecule has 0 bridgehead atoms. The first-order valence-corrected chi connectivity index (χ1v) is 9.73. The van der Waals surface area contributed by atoms with Gasteiger partial charge in [-0.3, -0.25) is 10.1 Å². The molecule has 2 aromatic carbocycles. The highest BCUT2D eigenvalue weighted by Gasteiger charge is 2.09. The van der Waals surface area contributed by atoms with Crippen LogP contribution in [0, 0.1) is 0 Å². The highest BCUT2D eigenvalue weighted by Crippen LogP contribution is 2.31. The Hall–Kier alpha value is -3.16. The third-order valence-corrected chi connectivity index (χ3v) is 4.99. The number of nitrogens with zero attached hydrogens (tertiary/aromatic N) is 1. The lowest BCUT2D eigenvalue weighted by Gasteiger charge is -2.04. The van der Waals surface area contributed by atoms with Crippen molar-refractivity contribution in [3.8, 4) is 17.0 Å². The third-order valence-electron chi connectivity index (χ3n) is 3.94. The highest BCUT2D eigenvalue weighted by atomic mass is 35.5. The van der Waals surface area contributed by atoms with Gasteiger partial charge >= 0.3 is 5.97 Å². The summed E-state index contributed by atoms with van der Waals surface area (Å²) in [6.07, 6.45) is 3.05. The molecule has 29 heavy (non-hydrogen) atoms. The third kappa shape index (κ3) is 5.22. The van der Waals surface area contributed by atoms with E-state index in [4.69, 9.17) is 16.3 Å². The van der Waals surface area contributed by atoms with E-state index < -0.39 is 5.97 Å². The molecule has 0 aliphatic carbocycles. The number of rotatable bonds is 6. The molecule has 0 saturated carbocycles. The molecular weight excluding hydrogens is 412 g/mol. The SMILES string of the molecule is COC(=O)c1ccc(/C=C/C(=O)Nc2nc(-c3ccc(OC)c(Cl)c3)cs2)cc1. The van der Waals surface area contributed by atoms with Gasteiger partial charge in [0, 0.05) is 17.0 Å². The van der Waals surface area contributed by atoms with E-state index in [1.807, 2.05) is 11.4 Å². The molecule has 3 aromatic rings. The predicted octanol–water partition coefficient (Wildman–Crippen LogP) is 4.91. The first-order chi connectivity index (χ1) is 14.0. The number of ether oxygens (including phenoxy) is 2. The minimum atomic E-state index is -0.406. The number of hydrogen-bond acceptors (Lipinski definition) is 6. The average Bonchev–Trinajstić information content (AvgIpc) is 3.20. The summed E-state index contributed by atoms with van der Waals surface area (Å²) in [5.41, 5.74) is 2.76. The molecule has 0 spiro atoms. The molecule has 148 valence electrons. The second-order valence-corrected chi connectivity index (χ2v) is 7.09. The second kappa shape index (κ2) is 9.36. The number of esters is 1. The fraction of sp³-hybridized carbons (Fsp3) is 0.0952. The van der Waals surface area contributed by atoms with Crippen molar-refractivity contribution in [2.24, 2.45) is 0 Å². The van der Waals surface area contributed by atoms with Crippen molar-refractivity contribution >= 4 is 46.0 Å². The van der Waals surface area contributed by atoms with Crippen LogP contribution in [0.15, 0.2) is 53.9 Å². The van der Waals surface area contributed by atoms with Crippen LogP contribution in [0.5, 0.6) is 5.75 Å². The maximum absolute atomic E-state index is 12.1. The van der Waals surface area contributed by atoms with Crippen LogP contribution in [-0.4, -0.2) is 31.1 Å². The van der Waals surface area contributed by atoms with Gasteiger partial charge in [0.2, 0.25) is 5.91 Å². The van der Waals surface area contributed by atoms with Crippen molar-refractivity contribution in [2.75, 3.05) is 19.5 Å². The molecule has 0 aliphatic heterocycles. The minimum absolute atomic E-state index is 0.310. The Morgan fingerprint density at radius 3 is 2.55 bits per heavy atom. The molecule has 1 amide bonds. The van der Waals surface area contributed by atoms with E-state index in [1.54, 1.807) is 49.6 Å². The van der Waals surface area contributed by atoms with Gasteiger partial charge in [-0.2, -0.15) is 0 Å². The predicted molar refractivity (Wildman–Crippen MR) is 115 cm³/mol. The lowest BCUT2D eigenvalue weighted by molar-refractivity contribution is -0.111. The fourth-order valence-electron chi connectivity index (χ4n) is 2.46. The molecule has 0 unspecified atom stereocenters. The molecular formula is C21H17ClN2O4S. The smallest absolute Gasteiger partial charge is 0.337 e. The van der Waals surface area contributed by atoms with E-state index in [0.29, 0.717) is 27.2 Å². The molecule has 0 atom stereocenters. The topological polar surface area (TPSA) is 77.5 Å². The Morgan fingerprint density at radius 1 is 1.14 bits per heavy atom. The normalized spacial score (nSPS) is 10.7. The largest absolute Gasteiger partial charge is 0.495 e. The van der Waals surface area contributed by atoms with Crippen molar-refractivity contribution in [1.82, 2.24) is 4.98 Å². The number of benzene rings is 2. The van der Waals surface area contributed by atoms with Crippen LogP contribution in [0.25, 0.3) is 17.3 Å². The highest BCUT2D eigenvalue weighted by molar-refractivity contribution is 7.14. The lowest BCUT2D eigenvalue weighted by atomic mass is 10.1. The number of carbonyl (C=O) groups excluding carboxylic acids is 2. The zero-order chi connectivity index (χ0) is 20.8. The van der Waals surface area contributed by atoms with Gasteiger partial charge in [-0.1, -0.05) is 23.7 Å². The molecule has 1 N–H and O–H groups in total. The van der Waals surface area contributed by atoms with Gasteiger partial charge in [0.25, 0.3) is 0 Å². The van der Waals surface area contributed by atoms with Crippen LogP contribution < -0.4 is 10.1 Å². The van der Waals surface area contributed by atoms with Gasteiger partial charge in [-0.25, -0.2) is 9.78 Å². The van der Waals surface area contributed by atoms with E-state index in [-0.39, 0.29) is 5.91 Å². The monoisotopic (exact) mass is 428 g/mol. The average molecular weight is 429 g/mol. The maximum Gasteiger partial charge on any atom is 0.337 e. The fourth-order valence-corrected chi connectivity index (χ4v) is 3.44. The van der Waals surface area contributed by atoms with Crippen LogP contribution in [0.4, 0.5) is 5.13 Å². The van der Waals surface area contributed by atoms with Crippen molar-refractivity contribution in [1.29, 1.82) is 0 Å². The Morgan fingerprint density at radius 2 is 1.90 bits per heavy atom. The summed E-state index contributed by atoms with van der Waals surface area (Å²) in [6, 6.07) is 12.1. The molecule has 1 heterocycles. The molecule has 6 nitrogen and oxygen atoms in total. The van der Waals surface area contributed by atoms with E-state index >= 15 is 0 Å². The number of thiazole rings is 1. The molecule has 1 aromatic heterocycles. The second-order valence-electron chi connectivity index (χ2n) is 5.82. The van der Waals surface area contributed by atoms with E-state index in [2.05, 4.69) is 15.0 Å². The van der Waals surface area contributed by atoms with Gasteiger partial charge < -0.3 is 9.47 Å². The van der Waals surface area contributed by atoms with Gasteiger partial charge in [0.05, 0.1) is 30.5 Å². The number of aromatic nitrogens is 1. The molecule has 8 heteroatoms. The summed E-state index contributed by atoms with van der Waals surface area (Å²) in [7, 11) is 2.88. The number of hydrogen-bond donors (Lipinski definition) is 1. The van der Waals surface area contributed by atoms with Crippen molar-refractivity contribution in [3.05, 3.63) is 70.1 Å². The zero-order valence-electron chi connectivity index (χ0n) is 15.6. The standard InChI is InChI=1S/C21H17ClN2O4S/c1-27-18-9-8-15(11-16(18)22)17-12-29-21(23-17)24-19(25)10-5-13-3-6-14(7-4-13)20(26)28-2/h3-12H,1-2H3,(H,23,24,25)/b10-5+. The minimum Gasteiger partial charge on any atom is -0.495 e. The number of nitrogens with one attached hydrogen (secondary N) is 1. The Kier molecular flexibility index (Phi) is 6.64. The van der Waals surface area contributed by atoms with Gasteiger partial charge in [0.15, 0.2) is 5.13 Å². The van der Waals surface area contributed by atoms with E-state index in [0.717, 1.165) is 11.1 Å². The number of carbonyl (C=O) groups is 2. The quantitative estimate of drug-likeness (QED) is 0.445. The van der Waals surface area contributed by atoms with E-state index in [1.165, 1.54) is 24.5 Å². The van der Waals surface area contributed by atoms with Crippen molar-refractivity contribution < 1.29 is 19.1 Å². The number of halogens is 1. The Balaban J connectivity index is 1.63. The number of amides is 1. The number of anilines is 1. The summed E-state index contributed by atoms with van der Waals surface area (Å²) in [5.74, 6) is -0.129. The van der Waals surface area contributed by atoms with Crippen LogP contribution in [-0.2, 0) is 9.53 Å². The molecule has 3 rings (SSSR count). The summed E-state index contributed by atoms with van der Waals surface area (Å²) < 4.78 is 9.80. The number of methoxy groups -OCH3 is 2. The first-order valence-electron chi connectivity index (χ1n) is 8.47. The van der Waals surface area contributed by atoms with Crippen LogP contribution >= 0.6 is 22.9 Å². The van der Waals surface area contributed by atoms with Gasteiger partial charge in [0.1, 0.15) is 5.75 Å². The zero-order valence-corrected chi connectivity index (χ0v) is 17.2. The van der Waals surface area contributed by atoms with E-state index in [9.17, 15) is 9.59 Å². The maximum atomic E-state index is 12.1. The summed E-state index contributed by atoms with van der Waals surface area (Å²) in [4.78, 5) is 28.0. The summed E-state index contributed by atoms with van der Waals surface area (Å²) in [5, 5.41) is 5.53. The Bertz CT molecular complexity index is 1060. The summed E-state index contributed by atoms with van der Waals surface area (Å²) in [6.45, 7) is 0.